The van der Waals surface area contributed by atoms with E-state index < -0.39 is 0 Å². The first kappa shape index (κ1) is 19.8. The van der Waals surface area contributed by atoms with Crippen molar-refractivity contribution in [2.75, 3.05) is 21.3 Å². The number of ether oxygens (including phenoxy) is 2. The average Bonchev–Trinajstić information content (AvgIpc) is 2.67. The van der Waals surface area contributed by atoms with E-state index in [0.717, 1.165) is 11.1 Å². The summed E-state index contributed by atoms with van der Waals surface area (Å²) in [4.78, 5) is 14.6. The topological polar surface area (TPSA) is 50.8 Å². The smallest absolute Gasteiger partial charge is 0.237 e. The standard InChI is InChI=1S/C21H28N2O3/c1-15(17-10-7-6-8-11-17)22-21(24)16(2)23(3)14-18-12-9-13-19(25-4)20(18)26-5/h6-13,15-16H,14H2,1-5H3,(H,22,24)/t15-,16+/m1/s1. The van der Waals surface area contributed by atoms with Gasteiger partial charge in [-0.25, -0.2) is 0 Å². The summed E-state index contributed by atoms with van der Waals surface area (Å²) in [5, 5.41) is 3.08. The summed E-state index contributed by atoms with van der Waals surface area (Å²) >= 11 is 0. The highest BCUT2D eigenvalue weighted by Crippen LogP contribution is 2.31. The van der Waals surface area contributed by atoms with Crippen LogP contribution >= 0.6 is 0 Å². The van der Waals surface area contributed by atoms with Gasteiger partial charge in [-0.1, -0.05) is 42.5 Å². The van der Waals surface area contributed by atoms with Crippen molar-refractivity contribution in [2.45, 2.75) is 32.5 Å². The predicted octanol–water partition coefficient (Wildman–Crippen LogP) is 3.40. The lowest BCUT2D eigenvalue weighted by molar-refractivity contribution is -0.126. The van der Waals surface area contributed by atoms with Gasteiger partial charge in [-0.2, -0.15) is 0 Å². The highest BCUT2D eigenvalue weighted by Gasteiger charge is 2.21. The summed E-state index contributed by atoms with van der Waals surface area (Å²) in [6, 6.07) is 15.4. The second-order valence-corrected chi connectivity index (χ2v) is 6.38. The van der Waals surface area contributed by atoms with Crippen LogP contribution in [0.15, 0.2) is 48.5 Å². The number of hydrogen-bond donors (Lipinski definition) is 1. The van der Waals surface area contributed by atoms with Gasteiger partial charge in [-0.3, -0.25) is 9.69 Å². The zero-order chi connectivity index (χ0) is 19.1. The zero-order valence-electron chi connectivity index (χ0n) is 16.2. The molecule has 0 heterocycles. The molecule has 0 aliphatic carbocycles. The average molecular weight is 356 g/mol. The molecule has 0 aliphatic rings. The van der Waals surface area contributed by atoms with Crippen LogP contribution in [0.25, 0.3) is 0 Å². The van der Waals surface area contributed by atoms with E-state index in [2.05, 4.69) is 5.32 Å². The van der Waals surface area contributed by atoms with Gasteiger partial charge < -0.3 is 14.8 Å². The number of hydrogen-bond acceptors (Lipinski definition) is 4. The van der Waals surface area contributed by atoms with E-state index in [9.17, 15) is 4.79 Å². The molecule has 2 aromatic carbocycles. The van der Waals surface area contributed by atoms with Crippen molar-refractivity contribution in [3.63, 3.8) is 0 Å². The number of amides is 1. The Morgan fingerprint density at radius 3 is 2.35 bits per heavy atom. The van der Waals surface area contributed by atoms with Crippen LogP contribution < -0.4 is 14.8 Å². The minimum atomic E-state index is -0.280. The van der Waals surface area contributed by atoms with Crippen molar-refractivity contribution >= 4 is 5.91 Å². The molecule has 2 rings (SSSR count). The SMILES string of the molecule is COc1cccc(CN(C)[C@@H](C)C(=O)N[C@H](C)c2ccccc2)c1OC. The van der Waals surface area contributed by atoms with Crippen LogP contribution in [0.1, 0.15) is 31.0 Å². The van der Waals surface area contributed by atoms with Crippen LogP contribution in [0.4, 0.5) is 0 Å². The number of likely N-dealkylation sites (N-methyl/N-ethyl adjacent to an activating group) is 1. The van der Waals surface area contributed by atoms with Crippen LogP contribution in [-0.4, -0.2) is 38.1 Å². The van der Waals surface area contributed by atoms with Gasteiger partial charge >= 0.3 is 0 Å². The summed E-state index contributed by atoms with van der Waals surface area (Å²) in [5.41, 5.74) is 2.07. The molecule has 140 valence electrons. The second-order valence-electron chi connectivity index (χ2n) is 6.38. The molecule has 5 heteroatoms. The van der Waals surface area contributed by atoms with Gasteiger partial charge in [0.05, 0.1) is 26.3 Å². The first-order valence-corrected chi connectivity index (χ1v) is 8.73. The lowest BCUT2D eigenvalue weighted by Crippen LogP contribution is -2.43. The van der Waals surface area contributed by atoms with Gasteiger partial charge in [0, 0.05) is 12.1 Å². The van der Waals surface area contributed by atoms with Crippen LogP contribution in [0.3, 0.4) is 0 Å². The number of benzene rings is 2. The molecule has 0 fully saturated rings. The Morgan fingerprint density at radius 1 is 1.04 bits per heavy atom. The Balaban J connectivity index is 2.03. The molecule has 0 spiro atoms. The zero-order valence-corrected chi connectivity index (χ0v) is 16.2. The number of methoxy groups -OCH3 is 2. The Labute approximate surface area is 155 Å². The van der Waals surface area contributed by atoms with E-state index in [1.165, 1.54) is 0 Å². The number of carbonyl (C=O) groups excluding carboxylic acids is 1. The summed E-state index contributed by atoms with van der Waals surface area (Å²) in [5.74, 6) is 1.38. The summed E-state index contributed by atoms with van der Waals surface area (Å²) in [6.45, 7) is 4.47. The molecular weight excluding hydrogens is 328 g/mol. The van der Waals surface area contributed by atoms with E-state index in [-0.39, 0.29) is 18.0 Å². The normalized spacial score (nSPS) is 13.2. The van der Waals surface area contributed by atoms with E-state index in [4.69, 9.17) is 9.47 Å². The Hall–Kier alpha value is -2.53. The number of nitrogens with zero attached hydrogens (tertiary/aromatic N) is 1. The highest BCUT2D eigenvalue weighted by molar-refractivity contribution is 5.81. The Bertz CT molecular complexity index is 718. The number of nitrogens with one attached hydrogen (secondary N) is 1. The first-order chi connectivity index (χ1) is 12.5. The van der Waals surface area contributed by atoms with Crippen LogP contribution in [0.2, 0.25) is 0 Å². The van der Waals surface area contributed by atoms with Crippen LogP contribution in [-0.2, 0) is 11.3 Å². The number of rotatable bonds is 8. The highest BCUT2D eigenvalue weighted by atomic mass is 16.5. The van der Waals surface area contributed by atoms with Gasteiger partial charge in [0.15, 0.2) is 11.5 Å². The Kier molecular flexibility index (Phi) is 7.04. The molecule has 0 aliphatic heterocycles. The van der Waals surface area contributed by atoms with E-state index in [1.807, 2.05) is 74.3 Å². The third-order valence-corrected chi connectivity index (χ3v) is 4.60. The largest absolute Gasteiger partial charge is 0.493 e. The maximum atomic E-state index is 12.6. The van der Waals surface area contributed by atoms with Gasteiger partial charge in [0.1, 0.15) is 0 Å². The molecule has 26 heavy (non-hydrogen) atoms. The summed E-state index contributed by atoms with van der Waals surface area (Å²) in [6.07, 6.45) is 0. The maximum Gasteiger partial charge on any atom is 0.237 e. The van der Waals surface area contributed by atoms with Gasteiger partial charge in [0.25, 0.3) is 0 Å². The minimum Gasteiger partial charge on any atom is -0.493 e. The van der Waals surface area contributed by atoms with E-state index in [0.29, 0.717) is 18.0 Å². The number of para-hydroxylation sites is 1. The molecule has 1 N–H and O–H groups in total. The van der Waals surface area contributed by atoms with E-state index >= 15 is 0 Å². The van der Waals surface area contributed by atoms with Gasteiger partial charge in [0.2, 0.25) is 5.91 Å². The molecule has 0 bridgehead atoms. The molecule has 0 aromatic heterocycles. The summed E-state index contributed by atoms with van der Waals surface area (Å²) < 4.78 is 10.8. The molecule has 0 saturated heterocycles. The van der Waals surface area contributed by atoms with Crippen molar-refractivity contribution in [1.82, 2.24) is 10.2 Å². The maximum absolute atomic E-state index is 12.6. The molecule has 0 saturated carbocycles. The van der Waals surface area contributed by atoms with Crippen molar-refractivity contribution < 1.29 is 14.3 Å². The first-order valence-electron chi connectivity index (χ1n) is 8.73. The van der Waals surface area contributed by atoms with Crippen LogP contribution in [0.5, 0.6) is 11.5 Å². The molecule has 2 aromatic rings. The molecule has 5 nitrogen and oxygen atoms in total. The second kappa shape index (κ2) is 9.25. The Morgan fingerprint density at radius 2 is 1.73 bits per heavy atom. The molecular formula is C21H28N2O3. The third-order valence-electron chi connectivity index (χ3n) is 4.60. The van der Waals surface area contributed by atoms with Crippen molar-refractivity contribution in [3.8, 4) is 11.5 Å². The van der Waals surface area contributed by atoms with Crippen molar-refractivity contribution in [1.29, 1.82) is 0 Å². The van der Waals surface area contributed by atoms with Crippen LogP contribution in [0, 0.1) is 0 Å². The predicted molar refractivity (Wildman–Crippen MR) is 103 cm³/mol. The fraction of sp³-hybridized carbons (Fsp3) is 0.381. The fourth-order valence-corrected chi connectivity index (χ4v) is 2.84. The number of carbonyl (C=O) groups is 1. The fourth-order valence-electron chi connectivity index (χ4n) is 2.84. The van der Waals surface area contributed by atoms with Gasteiger partial charge in [-0.05, 0) is 32.5 Å². The van der Waals surface area contributed by atoms with E-state index in [1.54, 1.807) is 14.2 Å². The molecule has 2 atom stereocenters. The molecule has 0 unspecified atom stereocenters. The van der Waals surface area contributed by atoms with Crippen molar-refractivity contribution in [3.05, 3.63) is 59.7 Å². The lowest BCUT2D eigenvalue weighted by atomic mass is 10.1. The quantitative estimate of drug-likeness (QED) is 0.788. The van der Waals surface area contributed by atoms with Gasteiger partial charge in [-0.15, -0.1) is 0 Å². The summed E-state index contributed by atoms with van der Waals surface area (Å²) in [7, 11) is 5.17. The van der Waals surface area contributed by atoms with Crippen molar-refractivity contribution in [2.24, 2.45) is 0 Å². The molecule has 0 radical (unpaired) electrons. The monoisotopic (exact) mass is 356 g/mol. The third kappa shape index (κ3) is 4.76. The molecule has 1 amide bonds. The lowest BCUT2D eigenvalue weighted by Gasteiger charge is -2.26. The minimum absolute atomic E-state index is 0.00860.